The van der Waals surface area contributed by atoms with E-state index < -0.39 is 93.5 Å². The molecule has 20 heteroatoms. The third-order valence-corrected chi connectivity index (χ3v) is 12.1. The van der Waals surface area contributed by atoms with Gasteiger partial charge in [-0.25, -0.2) is 35.4 Å². The van der Waals surface area contributed by atoms with Gasteiger partial charge in [-0.15, -0.1) is 0 Å². The minimum Gasteiger partial charge on any atom is -0.344 e. The van der Waals surface area contributed by atoms with Gasteiger partial charge in [0.1, 0.15) is 41.2 Å². The number of benzene rings is 4. The fraction of sp³-hybridized carbons (Fsp3) is 0.279. The van der Waals surface area contributed by atoms with Crippen LogP contribution in [-0.2, 0) is 40.8 Å². The van der Waals surface area contributed by atoms with Crippen molar-refractivity contribution in [3.63, 3.8) is 0 Å². The van der Waals surface area contributed by atoms with Crippen LogP contribution < -0.4 is 15.6 Å². The van der Waals surface area contributed by atoms with Crippen molar-refractivity contribution in [3.8, 4) is 16.8 Å². The third-order valence-electron chi connectivity index (χ3n) is 11.6. The average Bonchev–Trinajstić information content (AvgIpc) is 3.72. The normalized spacial score (nSPS) is 17.0. The monoisotopic (exact) mass is 892 g/mol. The van der Waals surface area contributed by atoms with Crippen LogP contribution in [0.5, 0.6) is 0 Å². The third kappa shape index (κ3) is 7.28. The van der Waals surface area contributed by atoms with E-state index in [1.165, 1.54) is 36.0 Å². The summed E-state index contributed by atoms with van der Waals surface area (Å²) in [6.07, 6.45) is -2.75. The molecule has 1 saturated carbocycles. The predicted molar refractivity (Wildman–Crippen MR) is 218 cm³/mol. The Morgan fingerprint density at radius 3 is 2.35 bits per heavy atom. The SMILES string of the molecule is Cc1cc(F)ccc1-c1ccc2c(=O)n(-c3ccc(C)c4c(NS(C)(=O)=O)nn(C)c34)c([C@H](Cc3cc(F)cc(F)c3)NC(=O)Cn3nc(C(F)F)c4c3C(F)(F)[C@@H]3C[C@H]43)nc2c1. The Balaban J connectivity index is 1.26. The largest absolute Gasteiger partial charge is 0.344 e. The number of carbonyl (C=O) groups is 1. The zero-order valence-corrected chi connectivity index (χ0v) is 34.5. The summed E-state index contributed by atoms with van der Waals surface area (Å²) in [5, 5.41) is 11.1. The summed E-state index contributed by atoms with van der Waals surface area (Å²) in [5.41, 5.74) is -0.116. The van der Waals surface area contributed by atoms with Gasteiger partial charge < -0.3 is 5.32 Å². The molecule has 2 aliphatic carbocycles. The summed E-state index contributed by atoms with van der Waals surface area (Å²) in [7, 11) is -2.37. The lowest BCUT2D eigenvalue weighted by molar-refractivity contribution is -0.123. The van der Waals surface area contributed by atoms with Crippen LogP contribution in [0.2, 0.25) is 0 Å². The molecule has 2 aliphatic rings. The van der Waals surface area contributed by atoms with Crippen LogP contribution in [0.3, 0.4) is 0 Å². The maximum Gasteiger partial charge on any atom is 0.293 e. The Morgan fingerprint density at radius 1 is 0.937 bits per heavy atom. The van der Waals surface area contributed by atoms with E-state index in [9.17, 15) is 35.2 Å². The van der Waals surface area contributed by atoms with E-state index in [1.807, 2.05) is 0 Å². The van der Waals surface area contributed by atoms with Crippen molar-refractivity contribution in [3.05, 3.63) is 134 Å². The lowest BCUT2D eigenvalue weighted by Crippen LogP contribution is -2.38. The quantitative estimate of drug-likeness (QED) is 0.126. The van der Waals surface area contributed by atoms with Crippen LogP contribution in [0.25, 0.3) is 38.6 Å². The van der Waals surface area contributed by atoms with Gasteiger partial charge in [0.05, 0.1) is 39.8 Å². The first-order chi connectivity index (χ1) is 29.7. The summed E-state index contributed by atoms with van der Waals surface area (Å²) < 4.78 is 133. The number of nitrogens with zero attached hydrogens (tertiary/aromatic N) is 6. The Kier molecular flexibility index (Phi) is 9.79. The number of fused-ring (bicyclic) bond motifs is 5. The molecule has 4 aromatic carbocycles. The van der Waals surface area contributed by atoms with E-state index >= 15 is 13.6 Å². The number of aryl methyl sites for hydroxylation is 3. The van der Waals surface area contributed by atoms with Crippen molar-refractivity contribution in [1.82, 2.24) is 34.4 Å². The molecule has 7 aromatic rings. The van der Waals surface area contributed by atoms with E-state index in [0.717, 1.165) is 23.0 Å². The van der Waals surface area contributed by atoms with Crippen LogP contribution in [0, 0.1) is 37.2 Å². The standard InChI is InChI=1S/C43H35F7N8O4S/c1-19-5-10-32(37-34(19)40(54-56(37)3)55-63(4,61)62)58-41(52-30-15-22(6-8-27(30)42(58)60)26-9-7-23(44)11-20(26)2)31(14-21-12-24(45)16-25(46)13-21)51-33(59)18-57-38-35(36(53-57)39(47)48)28-17-29(28)43(38,49)50/h5-13,15-16,28-29,31,39H,14,17-18H2,1-4H3,(H,51,59)(H,54,55)/t28-,29+,31-/m0/s1. The van der Waals surface area contributed by atoms with Crippen LogP contribution >= 0.6 is 0 Å². The van der Waals surface area contributed by atoms with E-state index in [1.54, 1.807) is 38.1 Å². The number of hydrogen-bond acceptors (Lipinski definition) is 7. The van der Waals surface area contributed by atoms with Crippen molar-refractivity contribution >= 4 is 43.6 Å². The highest BCUT2D eigenvalue weighted by atomic mass is 32.2. The van der Waals surface area contributed by atoms with E-state index in [2.05, 4.69) is 20.2 Å². The first-order valence-corrected chi connectivity index (χ1v) is 21.4. The second-order valence-electron chi connectivity index (χ2n) is 16.1. The molecular formula is C43H35F7N8O4S. The van der Waals surface area contributed by atoms with Crippen molar-refractivity contribution in [2.75, 3.05) is 11.0 Å². The summed E-state index contributed by atoms with van der Waals surface area (Å²) in [5.74, 6) is -9.40. The molecule has 3 aromatic heterocycles. The molecule has 0 radical (unpaired) electrons. The molecule has 0 unspecified atom stereocenters. The number of amides is 1. The fourth-order valence-electron chi connectivity index (χ4n) is 8.90. The van der Waals surface area contributed by atoms with Gasteiger partial charge in [0, 0.05) is 31.0 Å². The van der Waals surface area contributed by atoms with Gasteiger partial charge in [0.25, 0.3) is 17.9 Å². The van der Waals surface area contributed by atoms with Gasteiger partial charge in [-0.2, -0.15) is 19.0 Å². The average molecular weight is 893 g/mol. The van der Waals surface area contributed by atoms with Gasteiger partial charge >= 0.3 is 0 Å². The number of alkyl halides is 4. The molecule has 0 bridgehead atoms. The number of nitrogens with one attached hydrogen (secondary N) is 2. The van der Waals surface area contributed by atoms with E-state index in [4.69, 9.17) is 4.98 Å². The second-order valence-corrected chi connectivity index (χ2v) is 17.8. The molecule has 3 atom stereocenters. The molecule has 326 valence electrons. The molecular weight excluding hydrogens is 858 g/mol. The van der Waals surface area contributed by atoms with Crippen molar-refractivity contribution < 1.29 is 43.9 Å². The van der Waals surface area contributed by atoms with Crippen LogP contribution in [-0.4, -0.2) is 49.7 Å². The lowest BCUT2D eigenvalue weighted by atomic mass is 9.99. The van der Waals surface area contributed by atoms with E-state index in [-0.39, 0.29) is 56.7 Å². The number of rotatable bonds is 11. The fourth-order valence-corrected chi connectivity index (χ4v) is 9.39. The minimum absolute atomic E-state index is 0.00770. The molecule has 0 saturated heterocycles. The summed E-state index contributed by atoms with van der Waals surface area (Å²) in [6, 6.07) is 13.0. The molecule has 3 heterocycles. The molecule has 0 aliphatic heterocycles. The van der Waals surface area contributed by atoms with Crippen LogP contribution in [0.15, 0.2) is 71.5 Å². The second kappa shape index (κ2) is 14.8. The highest BCUT2D eigenvalue weighted by molar-refractivity contribution is 7.92. The topological polar surface area (TPSA) is 146 Å². The van der Waals surface area contributed by atoms with Gasteiger partial charge in [0.2, 0.25) is 15.9 Å². The van der Waals surface area contributed by atoms with Crippen molar-refractivity contribution in [2.24, 2.45) is 13.0 Å². The van der Waals surface area contributed by atoms with Gasteiger partial charge in [-0.3, -0.25) is 28.2 Å². The van der Waals surface area contributed by atoms with Crippen LogP contribution in [0.4, 0.5) is 36.6 Å². The molecule has 1 fully saturated rings. The van der Waals surface area contributed by atoms with Crippen molar-refractivity contribution in [1.29, 1.82) is 0 Å². The first kappa shape index (κ1) is 41.8. The number of halogens is 7. The smallest absolute Gasteiger partial charge is 0.293 e. The van der Waals surface area contributed by atoms with Gasteiger partial charge in [0.15, 0.2) is 5.82 Å². The highest BCUT2D eigenvalue weighted by Crippen LogP contribution is 2.68. The molecule has 0 spiro atoms. The van der Waals surface area contributed by atoms with Gasteiger partial charge in [-0.1, -0.05) is 18.2 Å². The maximum atomic E-state index is 15.5. The minimum atomic E-state index is -3.87. The molecule has 9 rings (SSSR count). The lowest BCUT2D eigenvalue weighted by Gasteiger charge is -2.24. The predicted octanol–water partition coefficient (Wildman–Crippen LogP) is 7.79. The number of aromatic nitrogens is 6. The Bertz CT molecular complexity index is 3240. The number of hydrogen-bond donors (Lipinski definition) is 2. The first-order valence-electron chi connectivity index (χ1n) is 19.5. The molecule has 12 nitrogen and oxygen atoms in total. The number of anilines is 1. The Morgan fingerprint density at radius 2 is 1.67 bits per heavy atom. The summed E-state index contributed by atoms with van der Waals surface area (Å²) in [6.45, 7) is 2.38. The molecule has 63 heavy (non-hydrogen) atoms. The van der Waals surface area contributed by atoms with Crippen molar-refractivity contribution in [2.45, 2.75) is 57.5 Å². The summed E-state index contributed by atoms with van der Waals surface area (Å²) >= 11 is 0. The van der Waals surface area contributed by atoms with E-state index in [0.29, 0.717) is 33.0 Å². The molecule has 1 amide bonds. The van der Waals surface area contributed by atoms with Gasteiger partial charge in [-0.05, 0) is 96.5 Å². The summed E-state index contributed by atoms with van der Waals surface area (Å²) in [4.78, 5) is 34.1. The zero-order chi connectivity index (χ0) is 45.0. The Labute approximate surface area is 353 Å². The zero-order valence-electron chi connectivity index (χ0n) is 33.7. The number of sulfonamides is 1. The maximum absolute atomic E-state index is 15.5. The molecule has 2 N–H and O–H groups in total. The Hall–Kier alpha value is -6.57. The van der Waals surface area contributed by atoms with Crippen LogP contribution in [0.1, 0.15) is 64.3 Å². The highest BCUT2D eigenvalue weighted by Gasteiger charge is 2.67. The number of carbonyl (C=O) groups excluding carboxylic acids is 1.